The van der Waals surface area contributed by atoms with Crippen LogP contribution in [0.4, 0.5) is 0 Å². The summed E-state index contributed by atoms with van der Waals surface area (Å²) < 4.78 is 5.24. The van der Waals surface area contributed by atoms with Crippen molar-refractivity contribution in [2.75, 3.05) is 13.7 Å². The van der Waals surface area contributed by atoms with Crippen molar-refractivity contribution in [3.8, 4) is 0 Å². The Bertz CT molecular complexity index is 239. The van der Waals surface area contributed by atoms with Gasteiger partial charge in [0, 0.05) is 7.11 Å². The molecule has 0 saturated heterocycles. The number of ether oxygens (including phenoxy) is 1. The Morgan fingerprint density at radius 3 is 2.07 bits per heavy atom. The van der Waals surface area contributed by atoms with Gasteiger partial charge in [-0.15, -0.1) is 0 Å². The van der Waals surface area contributed by atoms with Crippen molar-refractivity contribution in [2.24, 2.45) is 5.73 Å². The van der Waals surface area contributed by atoms with E-state index >= 15 is 0 Å². The third-order valence-corrected chi connectivity index (χ3v) is 2.68. The van der Waals surface area contributed by atoms with Crippen molar-refractivity contribution >= 4 is 0 Å². The minimum atomic E-state index is 0.164. The molecule has 0 bridgehead atoms. The van der Waals surface area contributed by atoms with Crippen LogP contribution < -0.4 is 5.73 Å². The zero-order valence-electron chi connectivity index (χ0n) is 9.16. The van der Waals surface area contributed by atoms with Crippen LogP contribution in [0.15, 0.2) is 24.3 Å². The molecule has 0 radical (unpaired) electrons. The number of benzene rings is 1. The normalized spacial score (nSPS) is 15.1. The zero-order valence-corrected chi connectivity index (χ0v) is 9.16. The predicted octanol–water partition coefficient (Wildman–Crippen LogP) is 2.46. The average molecular weight is 193 g/mol. The summed E-state index contributed by atoms with van der Waals surface area (Å²) in [5.41, 5.74) is 8.10. The lowest BCUT2D eigenvalue weighted by Crippen LogP contribution is -2.08. The second kappa shape index (κ2) is 5.13. The Balaban J connectivity index is 2.78. The lowest BCUT2D eigenvalue weighted by atomic mass is 9.99. The average Bonchev–Trinajstić information content (AvgIpc) is 2.27. The second-order valence-electron chi connectivity index (χ2n) is 3.68. The number of methoxy groups -OCH3 is 1. The van der Waals surface area contributed by atoms with E-state index in [1.165, 1.54) is 11.1 Å². The highest BCUT2D eigenvalue weighted by Gasteiger charge is 2.05. The van der Waals surface area contributed by atoms with Gasteiger partial charge in [-0.3, -0.25) is 0 Å². The summed E-state index contributed by atoms with van der Waals surface area (Å²) in [6, 6.07) is 8.47. The molecule has 0 saturated carbocycles. The van der Waals surface area contributed by atoms with Crippen molar-refractivity contribution in [3.05, 3.63) is 35.4 Å². The molecule has 2 atom stereocenters. The van der Waals surface area contributed by atoms with Crippen LogP contribution in [0.2, 0.25) is 0 Å². The third-order valence-electron chi connectivity index (χ3n) is 2.68. The molecule has 0 aliphatic rings. The molecule has 2 nitrogen and oxygen atoms in total. The fourth-order valence-electron chi connectivity index (χ4n) is 1.37. The van der Waals surface area contributed by atoms with Gasteiger partial charge in [-0.25, -0.2) is 0 Å². The molecule has 0 amide bonds. The monoisotopic (exact) mass is 193 g/mol. The Morgan fingerprint density at radius 2 is 1.64 bits per heavy atom. The summed E-state index contributed by atoms with van der Waals surface area (Å²) in [6.45, 7) is 4.87. The van der Waals surface area contributed by atoms with Crippen LogP contribution in [-0.4, -0.2) is 13.7 Å². The summed E-state index contributed by atoms with van der Waals surface area (Å²) in [7, 11) is 1.72. The van der Waals surface area contributed by atoms with Gasteiger partial charge >= 0.3 is 0 Å². The molecule has 2 heteroatoms. The van der Waals surface area contributed by atoms with Gasteiger partial charge in [0.25, 0.3) is 0 Å². The maximum absolute atomic E-state index is 5.60. The number of hydrogen-bond acceptors (Lipinski definition) is 2. The first-order chi connectivity index (χ1) is 6.69. The van der Waals surface area contributed by atoms with Crippen LogP contribution in [0.1, 0.15) is 37.0 Å². The first-order valence-electron chi connectivity index (χ1n) is 5.01. The molecule has 78 valence electrons. The molecular weight excluding hydrogens is 174 g/mol. The minimum Gasteiger partial charge on any atom is -0.377 e. The topological polar surface area (TPSA) is 35.2 Å². The number of hydrogen-bond donors (Lipinski definition) is 1. The smallest absolute Gasteiger partial charge is 0.0793 e. The van der Waals surface area contributed by atoms with Gasteiger partial charge in [0.1, 0.15) is 0 Å². The van der Waals surface area contributed by atoms with Crippen molar-refractivity contribution in [1.82, 2.24) is 0 Å². The summed E-state index contributed by atoms with van der Waals surface area (Å²) >= 11 is 0. The van der Waals surface area contributed by atoms with Gasteiger partial charge in [-0.05, 0) is 30.5 Å². The van der Waals surface area contributed by atoms with Crippen molar-refractivity contribution in [1.29, 1.82) is 0 Å². The maximum atomic E-state index is 5.60. The minimum absolute atomic E-state index is 0.164. The van der Waals surface area contributed by atoms with E-state index in [9.17, 15) is 0 Å². The Labute approximate surface area is 86.1 Å². The van der Waals surface area contributed by atoms with E-state index in [1.54, 1.807) is 7.11 Å². The van der Waals surface area contributed by atoms with Gasteiger partial charge in [-0.2, -0.15) is 0 Å². The van der Waals surface area contributed by atoms with Gasteiger partial charge in [-0.1, -0.05) is 31.2 Å². The molecule has 0 heterocycles. The SMILES string of the molecule is CO[C@@H](C)c1ccc([C@@H](C)CN)cc1. The molecule has 2 N–H and O–H groups in total. The molecule has 0 aromatic heterocycles. The fourth-order valence-corrected chi connectivity index (χ4v) is 1.37. The van der Waals surface area contributed by atoms with Crippen molar-refractivity contribution in [3.63, 3.8) is 0 Å². The Morgan fingerprint density at radius 1 is 1.14 bits per heavy atom. The number of nitrogens with two attached hydrogens (primary N) is 1. The summed E-state index contributed by atoms with van der Waals surface area (Å²) in [6.07, 6.45) is 0.164. The molecule has 1 rings (SSSR count). The van der Waals surface area contributed by atoms with Crippen LogP contribution in [0.5, 0.6) is 0 Å². The third kappa shape index (κ3) is 2.56. The van der Waals surface area contributed by atoms with Crippen LogP contribution in [0, 0.1) is 0 Å². The second-order valence-corrected chi connectivity index (χ2v) is 3.68. The van der Waals surface area contributed by atoms with Crippen LogP contribution in [0.3, 0.4) is 0 Å². The molecule has 0 spiro atoms. The van der Waals surface area contributed by atoms with Crippen LogP contribution >= 0.6 is 0 Å². The maximum Gasteiger partial charge on any atom is 0.0793 e. The van der Waals surface area contributed by atoms with Gasteiger partial charge < -0.3 is 10.5 Å². The zero-order chi connectivity index (χ0) is 10.6. The molecule has 1 aromatic carbocycles. The van der Waals surface area contributed by atoms with Crippen molar-refractivity contribution in [2.45, 2.75) is 25.9 Å². The largest absolute Gasteiger partial charge is 0.377 e. The lowest BCUT2D eigenvalue weighted by molar-refractivity contribution is 0.119. The predicted molar refractivity (Wildman–Crippen MR) is 59.3 cm³/mol. The molecule has 0 fully saturated rings. The van der Waals surface area contributed by atoms with Crippen LogP contribution in [0.25, 0.3) is 0 Å². The molecule has 14 heavy (non-hydrogen) atoms. The number of rotatable bonds is 4. The summed E-state index contributed by atoms with van der Waals surface area (Å²) in [5.74, 6) is 0.432. The highest BCUT2D eigenvalue weighted by molar-refractivity contribution is 5.26. The van der Waals surface area contributed by atoms with E-state index in [4.69, 9.17) is 10.5 Å². The highest BCUT2D eigenvalue weighted by atomic mass is 16.5. The van der Waals surface area contributed by atoms with E-state index in [2.05, 4.69) is 31.2 Å². The van der Waals surface area contributed by atoms with E-state index in [1.807, 2.05) is 6.92 Å². The molecular formula is C12H19NO. The van der Waals surface area contributed by atoms with Crippen molar-refractivity contribution < 1.29 is 4.74 Å². The van der Waals surface area contributed by atoms with E-state index in [0.29, 0.717) is 12.5 Å². The standard InChI is InChI=1S/C12H19NO/c1-9(8-13)11-4-6-12(7-5-11)10(2)14-3/h4-7,9-10H,8,13H2,1-3H3/t9-,10-/m0/s1. The lowest BCUT2D eigenvalue weighted by Gasteiger charge is -2.12. The summed E-state index contributed by atoms with van der Waals surface area (Å²) in [4.78, 5) is 0. The molecule has 1 aromatic rings. The van der Waals surface area contributed by atoms with Gasteiger partial charge in [0.15, 0.2) is 0 Å². The van der Waals surface area contributed by atoms with Gasteiger partial charge in [0.2, 0.25) is 0 Å². The first kappa shape index (κ1) is 11.2. The Hall–Kier alpha value is -0.860. The Kier molecular flexibility index (Phi) is 4.11. The molecule has 0 aliphatic heterocycles. The van der Waals surface area contributed by atoms with E-state index < -0.39 is 0 Å². The van der Waals surface area contributed by atoms with Crippen LogP contribution in [-0.2, 0) is 4.74 Å². The fraction of sp³-hybridized carbons (Fsp3) is 0.500. The van der Waals surface area contributed by atoms with Gasteiger partial charge in [0.05, 0.1) is 6.10 Å². The first-order valence-corrected chi connectivity index (χ1v) is 5.01. The molecule has 0 unspecified atom stereocenters. The van der Waals surface area contributed by atoms with E-state index in [0.717, 1.165) is 0 Å². The molecule has 0 aliphatic carbocycles. The van der Waals surface area contributed by atoms with E-state index in [-0.39, 0.29) is 6.10 Å². The summed E-state index contributed by atoms with van der Waals surface area (Å²) in [5, 5.41) is 0. The quantitative estimate of drug-likeness (QED) is 0.797. The highest BCUT2D eigenvalue weighted by Crippen LogP contribution is 2.19.